The number of nitrogens with zero attached hydrogens (tertiary/aromatic N) is 3. The second kappa shape index (κ2) is 4.63. The summed E-state index contributed by atoms with van der Waals surface area (Å²) in [5, 5.41) is 8.21. The van der Waals surface area contributed by atoms with Gasteiger partial charge in [0.2, 0.25) is 0 Å². The van der Waals surface area contributed by atoms with Crippen LogP contribution < -0.4 is 11.4 Å². The average molecular weight is 299 g/mol. The Morgan fingerprint density at radius 2 is 2.19 bits per heavy atom. The smallest absolute Gasteiger partial charge is 0.344 e. The molecule has 0 unspecified atom stereocenters. The molecule has 0 bridgehead atoms. The van der Waals surface area contributed by atoms with Gasteiger partial charge in [0.15, 0.2) is 5.16 Å². The van der Waals surface area contributed by atoms with Gasteiger partial charge < -0.3 is 5.73 Å². The summed E-state index contributed by atoms with van der Waals surface area (Å²) < 4.78 is 1.72. The molecule has 0 spiro atoms. The van der Waals surface area contributed by atoms with E-state index in [2.05, 4.69) is 15.2 Å². The van der Waals surface area contributed by atoms with Crippen molar-refractivity contribution >= 4 is 28.4 Å². The Labute approximate surface area is 124 Å². The van der Waals surface area contributed by atoms with E-state index in [0.29, 0.717) is 10.8 Å². The van der Waals surface area contributed by atoms with E-state index >= 15 is 0 Å². The van der Waals surface area contributed by atoms with E-state index in [1.807, 2.05) is 24.3 Å². The number of hydrogen-bond donors (Lipinski definition) is 2. The van der Waals surface area contributed by atoms with Gasteiger partial charge in [-0.15, -0.1) is 5.10 Å². The van der Waals surface area contributed by atoms with E-state index in [9.17, 15) is 4.79 Å². The van der Waals surface area contributed by atoms with Crippen molar-refractivity contribution in [3.63, 3.8) is 0 Å². The highest BCUT2D eigenvalue weighted by atomic mass is 32.2. The molecule has 1 fully saturated rings. The molecule has 1 aliphatic carbocycles. The van der Waals surface area contributed by atoms with Gasteiger partial charge in [0.05, 0.1) is 11.2 Å². The molecule has 2 heterocycles. The lowest BCUT2D eigenvalue weighted by molar-refractivity contribution is 0.642. The van der Waals surface area contributed by atoms with Crippen molar-refractivity contribution in [2.45, 2.75) is 28.9 Å². The fourth-order valence-corrected chi connectivity index (χ4v) is 3.33. The number of benzene rings is 1. The van der Waals surface area contributed by atoms with Gasteiger partial charge in [-0.25, -0.2) is 9.89 Å². The maximum absolute atomic E-state index is 11.8. The van der Waals surface area contributed by atoms with Crippen molar-refractivity contribution in [2.75, 3.05) is 5.73 Å². The third-order valence-electron chi connectivity index (χ3n) is 3.57. The van der Waals surface area contributed by atoms with E-state index in [-0.39, 0.29) is 11.7 Å². The van der Waals surface area contributed by atoms with E-state index in [1.54, 1.807) is 10.8 Å². The fraction of sp³-hybridized carbons (Fsp3) is 0.214. The van der Waals surface area contributed by atoms with Gasteiger partial charge in [-0.1, -0.05) is 0 Å². The fourth-order valence-electron chi connectivity index (χ4n) is 2.36. The van der Waals surface area contributed by atoms with Crippen LogP contribution in [0.3, 0.4) is 0 Å². The van der Waals surface area contributed by atoms with Crippen LogP contribution in [0.1, 0.15) is 18.9 Å². The lowest BCUT2D eigenvalue weighted by Gasteiger charge is -2.08. The summed E-state index contributed by atoms with van der Waals surface area (Å²) in [5.41, 5.74) is 7.61. The van der Waals surface area contributed by atoms with Crippen molar-refractivity contribution < 1.29 is 0 Å². The molecule has 106 valence electrons. The number of anilines is 1. The number of aromatic nitrogens is 4. The minimum absolute atomic E-state index is 0.152. The molecule has 1 aromatic carbocycles. The van der Waals surface area contributed by atoms with Crippen molar-refractivity contribution in [3.8, 4) is 0 Å². The third-order valence-corrected chi connectivity index (χ3v) is 4.62. The van der Waals surface area contributed by atoms with Crippen LogP contribution in [0.15, 0.2) is 45.3 Å². The van der Waals surface area contributed by atoms with Gasteiger partial charge in [-0.2, -0.15) is 0 Å². The highest BCUT2D eigenvalue weighted by Crippen LogP contribution is 2.39. The highest BCUT2D eigenvalue weighted by molar-refractivity contribution is 7.99. The summed E-state index contributed by atoms with van der Waals surface area (Å²) in [6.07, 6.45) is 3.81. The Balaban J connectivity index is 1.78. The molecule has 3 N–H and O–H groups in total. The Bertz CT molecular complexity index is 880. The average Bonchev–Trinajstić information content (AvgIpc) is 3.27. The second-order valence-corrected chi connectivity index (χ2v) is 6.07. The Morgan fingerprint density at radius 1 is 1.33 bits per heavy atom. The first-order valence-corrected chi connectivity index (χ1v) is 7.53. The lowest BCUT2D eigenvalue weighted by Crippen LogP contribution is -2.16. The molecule has 1 saturated carbocycles. The summed E-state index contributed by atoms with van der Waals surface area (Å²) in [5.74, 6) is 0. The number of hydrogen-bond acceptors (Lipinski definition) is 5. The molecule has 0 saturated heterocycles. The number of pyridine rings is 1. The van der Waals surface area contributed by atoms with E-state index in [4.69, 9.17) is 5.73 Å². The molecule has 0 amide bonds. The molecule has 21 heavy (non-hydrogen) atoms. The van der Waals surface area contributed by atoms with E-state index < -0.39 is 0 Å². The van der Waals surface area contributed by atoms with E-state index in [1.165, 1.54) is 11.8 Å². The number of nitrogen functional groups attached to an aromatic ring is 1. The molecular weight excluding hydrogens is 286 g/mol. The van der Waals surface area contributed by atoms with Crippen molar-refractivity contribution in [3.05, 3.63) is 40.9 Å². The zero-order valence-corrected chi connectivity index (χ0v) is 11.9. The van der Waals surface area contributed by atoms with Crippen LogP contribution in [0.4, 0.5) is 5.69 Å². The zero-order chi connectivity index (χ0) is 14.4. The van der Waals surface area contributed by atoms with Crippen LogP contribution in [-0.2, 0) is 0 Å². The first kappa shape index (κ1) is 12.5. The topological polar surface area (TPSA) is 89.6 Å². The lowest BCUT2D eigenvalue weighted by atomic mass is 10.2. The third kappa shape index (κ3) is 2.09. The largest absolute Gasteiger partial charge is 0.397 e. The van der Waals surface area contributed by atoms with Gasteiger partial charge in [0.25, 0.3) is 0 Å². The van der Waals surface area contributed by atoms with Crippen LogP contribution in [-0.4, -0.2) is 19.7 Å². The number of nitrogens with one attached hydrogen (secondary N) is 1. The Hall–Kier alpha value is -2.28. The summed E-state index contributed by atoms with van der Waals surface area (Å²) in [7, 11) is 0. The molecule has 3 aromatic rings. The SMILES string of the molecule is Nc1c(Sc2n[nH]c(=O)n2C2CC2)ccc2ncccc12. The minimum atomic E-state index is -0.152. The zero-order valence-electron chi connectivity index (χ0n) is 11.1. The molecule has 2 aromatic heterocycles. The van der Waals surface area contributed by atoms with Crippen LogP contribution in [0.25, 0.3) is 10.9 Å². The van der Waals surface area contributed by atoms with Crippen LogP contribution in [0.2, 0.25) is 0 Å². The van der Waals surface area contributed by atoms with Gasteiger partial charge in [-0.05, 0) is 48.9 Å². The molecule has 4 rings (SSSR count). The summed E-state index contributed by atoms with van der Waals surface area (Å²) in [4.78, 5) is 17.0. The molecule has 1 aliphatic rings. The molecule has 6 nitrogen and oxygen atoms in total. The molecular formula is C14H13N5OS. The number of aromatic amines is 1. The summed E-state index contributed by atoms with van der Waals surface area (Å²) in [6, 6.07) is 7.94. The van der Waals surface area contributed by atoms with Crippen molar-refractivity contribution in [1.82, 2.24) is 19.7 Å². The minimum Gasteiger partial charge on any atom is -0.397 e. The quantitative estimate of drug-likeness (QED) is 0.724. The Kier molecular flexibility index (Phi) is 2.75. The highest BCUT2D eigenvalue weighted by Gasteiger charge is 2.29. The number of nitrogens with two attached hydrogens (primary N) is 1. The summed E-state index contributed by atoms with van der Waals surface area (Å²) >= 11 is 1.41. The van der Waals surface area contributed by atoms with Gasteiger partial charge in [0, 0.05) is 22.5 Å². The predicted octanol–water partition coefficient (Wildman–Crippen LogP) is 2.19. The first-order chi connectivity index (χ1) is 10.2. The maximum atomic E-state index is 11.8. The summed E-state index contributed by atoms with van der Waals surface area (Å²) in [6.45, 7) is 0. The van der Waals surface area contributed by atoms with Crippen molar-refractivity contribution in [1.29, 1.82) is 0 Å². The number of rotatable bonds is 3. The number of H-pyrrole nitrogens is 1. The molecule has 0 aliphatic heterocycles. The van der Waals surface area contributed by atoms with E-state index in [0.717, 1.165) is 28.6 Å². The normalized spacial score (nSPS) is 14.7. The van der Waals surface area contributed by atoms with Gasteiger partial charge in [0.1, 0.15) is 0 Å². The molecule has 0 radical (unpaired) electrons. The second-order valence-electron chi connectivity index (χ2n) is 5.06. The van der Waals surface area contributed by atoms with Gasteiger partial charge in [-0.3, -0.25) is 9.55 Å². The van der Waals surface area contributed by atoms with Crippen molar-refractivity contribution in [2.24, 2.45) is 0 Å². The molecule has 0 atom stereocenters. The maximum Gasteiger partial charge on any atom is 0.344 e. The van der Waals surface area contributed by atoms with Crippen LogP contribution >= 0.6 is 11.8 Å². The first-order valence-electron chi connectivity index (χ1n) is 6.72. The monoisotopic (exact) mass is 299 g/mol. The predicted molar refractivity (Wildman–Crippen MR) is 81.4 cm³/mol. The Morgan fingerprint density at radius 3 is 3.00 bits per heavy atom. The van der Waals surface area contributed by atoms with Gasteiger partial charge >= 0.3 is 5.69 Å². The standard InChI is InChI=1S/C14H13N5OS/c15-12-9-2-1-7-16-10(9)5-6-11(12)21-14-18-17-13(20)19(14)8-3-4-8/h1-2,5-8H,3-4,15H2,(H,17,20). The number of fused-ring (bicyclic) bond motifs is 1. The van der Waals surface area contributed by atoms with Crippen LogP contribution in [0, 0.1) is 0 Å². The molecule has 7 heteroatoms. The van der Waals surface area contributed by atoms with Crippen LogP contribution in [0.5, 0.6) is 0 Å².